The molecule has 0 amide bonds. The number of rotatable bonds is 3. The molecule has 0 aromatic carbocycles. The quantitative estimate of drug-likeness (QED) is 0.444. The van der Waals surface area contributed by atoms with Crippen LogP contribution < -0.4 is 0 Å². The van der Waals surface area contributed by atoms with Crippen LogP contribution in [-0.4, -0.2) is 12.6 Å². The maximum Gasteiger partial charge on any atom is 0.302 e. The van der Waals surface area contributed by atoms with Gasteiger partial charge in [0.25, 0.3) is 0 Å². The van der Waals surface area contributed by atoms with Gasteiger partial charge in [0.1, 0.15) is 6.61 Å². The van der Waals surface area contributed by atoms with Crippen molar-refractivity contribution in [1.82, 2.24) is 0 Å². The van der Waals surface area contributed by atoms with E-state index in [1.54, 1.807) is 0 Å². The number of carbonyl (C=O) groups is 1. The molecule has 58 valence electrons. The molecule has 2 heteroatoms. The molecule has 0 aromatic heterocycles. The summed E-state index contributed by atoms with van der Waals surface area (Å²) in [5.74, 6) is -0.222. The summed E-state index contributed by atoms with van der Waals surface area (Å²) in [6.07, 6.45) is 2.93. The lowest BCUT2D eigenvalue weighted by atomic mass is 10.2. The number of hydrogen-bond donors (Lipinski definition) is 0. The van der Waals surface area contributed by atoms with E-state index < -0.39 is 0 Å². The molecular weight excluding hydrogens is 128 g/mol. The third-order valence-corrected chi connectivity index (χ3v) is 1.28. The van der Waals surface area contributed by atoms with Crippen molar-refractivity contribution in [3.63, 3.8) is 0 Å². The number of carbonyl (C=O) groups excluding carboxylic acids is 1. The van der Waals surface area contributed by atoms with Crippen LogP contribution in [0.15, 0.2) is 11.6 Å². The van der Waals surface area contributed by atoms with Crippen molar-refractivity contribution in [2.24, 2.45) is 0 Å². The van der Waals surface area contributed by atoms with Gasteiger partial charge in [-0.05, 0) is 19.4 Å². The summed E-state index contributed by atoms with van der Waals surface area (Å²) in [5, 5.41) is 0. The van der Waals surface area contributed by atoms with Crippen LogP contribution in [0.1, 0.15) is 27.2 Å². The van der Waals surface area contributed by atoms with Gasteiger partial charge in [-0.2, -0.15) is 0 Å². The predicted octanol–water partition coefficient (Wildman–Crippen LogP) is 1.91. The molecule has 0 aliphatic heterocycles. The Labute approximate surface area is 61.9 Å². The van der Waals surface area contributed by atoms with E-state index in [1.165, 1.54) is 12.5 Å². The van der Waals surface area contributed by atoms with E-state index in [-0.39, 0.29) is 5.97 Å². The molecule has 0 rings (SSSR count). The Balaban J connectivity index is 3.43. The minimum atomic E-state index is -0.222. The Bertz CT molecular complexity index is 136. The molecule has 10 heavy (non-hydrogen) atoms. The first-order valence-electron chi connectivity index (χ1n) is 3.45. The van der Waals surface area contributed by atoms with Gasteiger partial charge in [-0.15, -0.1) is 0 Å². The molecule has 0 aliphatic rings. The second-order valence-corrected chi connectivity index (χ2v) is 2.21. The summed E-state index contributed by atoms with van der Waals surface area (Å²) in [5.41, 5.74) is 1.25. The molecule has 0 spiro atoms. The molecule has 0 heterocycles. The number of esters is 1. The fraction of sp³-hybridized carbons (Fsp3) is 0.625. The van der Waals surface area contributed by atoms with Gasteiger partial charge in [0.2, 0.25) is 0 Å². The van der Waals surface area contributed by atoms with E-state index in [4.69, 9.17) is 4.74 Å². The van der Waals surface area contributed by atoms with Crippen molar-refractivity contribution in [3.8, 4) is 0 Å². The largest absolute Gasteiger partial charge is 0.462 e. The van der Waals surface area contributed by atoms with E-state index in [1.807, 2.05) is 13.0 Å². The van der Waals surface area contributed by atoms with E-state index in [2.05, 4.69) is 6.92 Å². The molecule has 0 unspecified atom stereocenters. The molecule has 0 saturated carbocycles. The van der Waals surface area contributed by atoms with Crippen molar-refractivity contribution in [2.45, 2.75) is 27.2 Å². The van der Waals surface area contributed by atoms with Crippen LogP contribution in [0.2, 0.25) is 0 Å². The number of ether oxygens (including phenoxy) is 1. The summed E-state index contributed by atoms with van der Waals surface area (Å²) < 4.78 is 4.70. The average molecular weight is 142 g/mol. The third kappa shape index (κ3) is 5.35. The average Bonchev–Trinajstić information content (AvgIpc) is 1.87. The van der Waals surface area contributed by atoms with Crippen LogP contribution in [0, 0.1) is 0 Å². The molecule has 0 radical (unpaired) electrons. The Morgan fingerprint density at radius 1 is 1.50 bits per heavy atom. The van der Waals surface area contributed by atoms with E-state index in [0.29, 0.717) is 6.61 Å². The normalized spacial score (nSPS) is 11.3. The van der Waals surface area contributed by atoms with Gasteiger partial charge >= 0.3 is 5.97 Å². The van der Waals surface area contributed by atoms with Crippen LogP contribution in [-0.2, 0) is 9.53 Å². The lowest BCUT2D eigenvalue weighted by Gasteiger charge is -1.96. The summed E-state index contributed by atoms with van der Waals surface area (Å²) in [6, 6.07) is 0. The molecule has 0 aromatic rings. The Morgan fingerprint density at radius 2 is 2.10 bits per heavy atom. The lowest BCUT2D eigenvalue weighted by Crippen LogP contribution is -1.97. The molecule has 0 N–H and O–H groups in total. The Kier molecular flexibility index (Phi) is 4.63. The third-order valence-electron chi connectivity index (χ3n) is 1.28. The van der Waals surface area contributed by atoms with Crippen molar-refractivity contribution >= 4 is 5.97 Å². The van der Waals surface area contributed by atoms with Crippen molar-refractivity contribution in [2.75, 3.05) is 6.61 Å². The predicted molar refractivity (Wildman–Crippen MR) is 40.7 cm³/mol. The van der Waals surface area contributed by atoms with Crippen LogP contribution in [0.25, 0.3) is 0 Å². The highest BCUT2D eigenvalue weighted by molar-refractivity contribution is 5.65. The second-order valence-electron chi connectivity index (χ2n) is 2.21. The monoisotopic (exact) mass is 142 g/mol. The van der Waals surface area contributed by atoms with Gasteiger partial charge in [-0.25, -0.2) is 0 Å². The summed E-state index contributed by atoms with van der Waals surface area (Å²) in [4.78, 5) is 10.3. The van der Waals surface area contributed by atoms with Gasteiger partial charge in [-0.3, -0.25) is 4.79 Å². The SMILES string of the molecule is CCC(C)=CCOC(C)=O. The molecule has 2 nitrogen and oxygen atoms in total. The topological polar surface area (TPSA) is 26.3 Å². The molecule has 0 fully saturated rings. The second kappa shape index (κ2) is 5.03. The van der Waals surface area contributed by atoms with Crippen molar-refractivity contribution < 1.29 is 9.53 Å². The fourth-order valence-electron chi connectivity index (χ4n) is 0.446. The first kappa shape index (κ1) is 9.21. The molecule has 0 aliphatic carbocycles. The zero-order valence-electron chi connectivity index (χ0n) is 6.81. The molecule has 0 bridgehead atoms. The highest BCUT2D eigenvalue weighted by Gasteiger charge is 1.88. The van der Waals surface area contributed by atoms with E-state index in [0.717, 1.165) is 6.42 Å². The minimum absolute atomic E-state index is 0.222. The highest BCUT2D eigenvalue weighted by atomic mass is 16.5. The van der Waals surface area contributed by atoms with Crippen molar-refractivity contribution in [1.29, 1.82) is 0 Å². The Morgan fingerprint density at radius 3 is 2.50 bits per heavy atom. The standard InChI is InChI=1S/C8H14O2/c1-4-7(2)5-6-10-8(3)9/h5H,4,6H2,1-3H3. The zero-order valence-corrected chi connectivity index (χ0v) is 6.81. The van der Waals surface area contributed by atoms with Crippen LogP contribution in [0.3, 0.4) is 0 Å². The Hall–Kier alpha value is -0.790. The van der Waals surface area contributed by atoms with Gasteiger partial charge in [0, 0.05) is 6.92 Å². The molecule has 0 saturated heterocycles. The van der Waals surface area contributed by atoms with Gasteiger partial charge in [0.05, 0.1) is 0 Å². The summed E-state index contributed by atoms with van der Waals surface area (Å²) in [6.45, 7) is 5.91. The van der Waals surface area contributed by atoms with Crippen LogP contribution in [0.4, 0.5) is 0 Å². The van der Waals surface area contributed by atoms with E-state index >= 15 is 0 Å². The van der Waals surface area contributed by atoms with Gasteiger partial charge < -0.3 is 4.74 Å². The smallest absolute Gasteiger partial charge is 0.302 e. The van der Waals surface area contributed by atoms with Crippen LogP contribution >= 0.6 is 0 Å². The zero-order chi connectivity index (χ0) is 7.98. The lowest BCUT2D eigenvalue weighted by molar-refractivity contribution is -0.139. The van der Waals surface area contributed by atoms with E-state index in [9.17, 15) is 4.79 Å². The highest BCUT2D eigenvalue weighted by Crippen LogP contribution is 1.96. The maximum absolute atomic E-state index is 10.3. The van der Waals surface area contributed by atoms with Gasteiger partial charge in [0.15, 0.2) is 0 Å². The first-order chi connectivity index (χ1) is 4.66. The maximum atomic E-state index is 10.3. The minimum Gasteiger partial charge on any atom is -0.462 e. The number of allylic oxidation sites excluding steroid dienone is 1. The summed E-state index contributed by atoms with van der Waals surface area (Å²) >= 11 is 0. The summed E-state index contributed by atoms with van der Waals surface area (Å²) in [7, 11) is 0. The number of hydrogen-bond acceptors (Lipinski definition) is 2. The molecule has 0 atom stereocenters. The fourth-order valence-corrected chi connectivity index (χ4v) is 0.446. The molecular formula is C8H14O2. The van der Waals surface area contributed by atoms with Gasteiger partial charge in [-0.1, -0.05) is 12.5 Å². The van der Waals surface area contributed by atoms with Crippen molar-refractivity contribution in [3.05, 3.63) is 11.6 Å². The van der Waals surface area contributed by atoms with Crippen LogP contribution in [0.5, 0.6) is 0 Å². The first-order valence-corrected chi connectivity index (χ1v) is 3.45.